The van der Waals surface area contributed by atoms with Crippen molar-refractivity contribution in [1.82, 2.24) is 19.4 Å². The third-order valence-corrected chi connectivity index (χ3v) is 4.26. The molecule has 2 rings (SSSR count). The fraction of sp³-hybridized carbons (Fsp3) is 0.800. The van der Waals surface area contributed by atoms with E-state index in [1.54, 1.807) is 7.11 Å². The van der Waals surface area contributed by atoms with Crippen molar-refractivity contribution < 1.29 is 17.9 Å². The highest BCUT2D eigenvalue weighted by Crippen LogP contribution is 2.20. The molecule has 0 N–H and O–H groups in total. The summed E-state index contributed by atoms with van der Waals surface area (Å²) < 4.78 is 44.1. The van der Waals surface area contributed by atoms with Crippen molar-refractivity contribution in [3.63, 3.8) is 0 Å². The molecule has 23 heavy (non-hydrogen) atoms. The van der Waals surface area contributed by atoms with Gasteiger partial charge in [-0.25, -0.2) is 4.98 Å². The van der Waals surface area contributed by atoms with Crippen LogP contribution in [-0.2, 0) is 17.8 Å². The first-order valence-electron chi connectivity index (χ1n) is 7.95. The van der Waals surface area contributed by atoms with Crippen LogP contribution in [0.2, 0.25) is 0 Å². The molecule has 1 aliphatic heterocycles. The summed E-state index contributed by atoms with van der Waals surface area (Å²) in [6.45, 7) is 5.79. The number of piperazine rings is 1. The minimum Gasteiger partial charge on any atom is -0.383 e. The Morgan fingerprint density at radius 2 is 2.13 bits per heavy atom. The lowest BCUT2D eigenvalue weighted by Gasteiger charge is -2.41. The van der Waals surface area contributed by atoms with Gasteiger partial charge in [-0.05, 0) is 6.42 Å². The fourth-order valence-electron chi connectivity index (χ4n) is 3.02. The Balaban J connectivity index is 1.93. The van der Waals surface area contributed by atoms with Crippen LogP contribution in [-0.4, -0.2) is 71.5 Å². The Labute approximate surface area is 135 Å². The number of alkyl halides is 3. The van der Waals surface area contributed by atoms with Gasteiger partial charge in [0, 0.05) is 51.7 Å². The molecule has 1 aliphatic rings. The summed E-state index contributed by atoms with van der Waals surface area (Å²) in [6, 6.07) is 0.407. The molecule has 8 heteroatoms. The SMILES string of the molecule is CCC1CN(Cc2nccn2CC(F)(F)F)CCN1CCOC. The van der Waals surface area contributed by atoms with Crippen LogP contribution in [0, 0.1) is 0 Å². The topological polar surface area (TPSA) is 33.5 Å². The lowest BCUT2D eigenvalue weighted by Crippen LogP contribution is -2.53. The van der Waals surface area contributed by atoms with Crippen molar-refractivity contribution in [3.05, 3.63) is 18.2 Å². The largest absolute Gasteiger partial charge is 0.406 e. The summed E-state index contributed by atoms with van der Waals surface area (Å²) in [4.78, 5) is 8.68. The number of ether oxygens (including phenoxy) is 1. The Hall–Kier alpha value is -1.12. The Morgan fingerprint density at radius 1 is 1.35 bits per heavy atom. The first-order chi connectivity index (χ1) is 10.9. The molecule has 1 saturated heterocycles. The maximum absolute atomic E-state index is 12.6. The molecule has 0 aliphatic carbocycles. The zero-order chi connectivity index (χ0) is 16.9. The minimum atomic E-state index is -4.22. The number of hydrogen-bond donors (Lipinski definition) is 0. The van der Waals surface area contributed by atoms with Crippen LogP contribution in [0.15, 0.2) is 12.4 Å². The van der Waals surface area contributed by atoms with Gasteiger partial charge in [-0.3, -0.25) is 9.80 Å². The van der Waals surface area contributed by atoms with Gasteiger partial charge in [-0.2, -0.15) is 13.2 Å². The van der Waals surface area contributed by atoms with E-state index in [4.69, 9.17) is 4.74 Å². The highest BCUT2D eigenvalue weighted by Gasteiger charge is 2.30. The van der Waals surface area contributed by atoms with E-state index in [9.17, 15) is 13.2 Å². The lowest BCUT2D eigenvalue weighted by atomic mass is 10.1. The second-order valence-corrected chi connectivity index (χ2v) is 5.91. The van der Waals surface area contributed by atoms with Gasteiger partial charge < -0.3 is 9.30 Å². The molecule has 1 aromatic rings. The lowest BCUT2D eigenvalue weighted by molar-refractivity contribution is -0.141. The number of imidazole rings is 1. The predicted molar refractivity (Wildman–Crippen MR) is 81.1 cm³/mol. The third-order valence-electron chi connectivity index (χ3n) is 4.26. The van der Waals surface area contributed by atoms with Gasteiger partial charge in [0.25, 0.3) is 0 Å². The molecule has 1 atom stereocenters. The van der Waals surface area contributed by atoms with Gasteiger partial charge in [0.1, 0.15) is 12.4 Å². The standard InChI is InChI=1S/C15H25F3N4O/c1-3-13-10-20(6-7-21(13)8-9-23-2)11-14-19-4-5-22(14)12-15(16,17)18/h4-5,13H,3,6-12H2,1-2H3. The van der Waals surface area contributed by atoms with E-state index in [2.05, 4.69) is 21.7 Å². The number of nitrogens with zero attached hydrogens (tertiary/aromatic N) is 4. The number of methoxy groups -OCH3 is 1. The van der Waals surface area contributed by atoms with Crippen molar-refractivity contribution >= 4 is 0 Å². The number of hydrogen-bond acceptors (Lipinski definition) is 4. The quantitative estimate of drug-likeness (QED) is 0.764. The van der Waals surface area contributed by atoms with Gasteiger partial charge in [-0.15, -0.1) is 0 Å². The summed E-state index contributed by atoms with van der Waals surface area (Å²) in [5.74, 6) is 0.475. The van der Waals surface area contributed by atoms with Crippen molar-refractivity contribution in [2.75, 3.05) is 39.9 Å². The van der Waals surface area contributed by atoms with E-state index in [1.165, 1.54) is 17.0 Å². The molecular weight excluding hydrogens is 309 g/mol. The van der Waals surface area contributed by atoms with Crippen LogP contribution in [0.4, 0.5) is 13.2 Å². The van der Waals surface area contributed by atoms with E-state index < -0.39 is 12.7 Å². The second kappa shape index (κ2) is 8.12. The molecule has 5 nitrogen and oxygen atoms in total. The van der Waals surface area contributed by atoms with Crippen LogP contribution >= 0.6 is 0 Å². The van der Waals surface area contributed by atoms with Gasteiger partial charge in [-0.1, -0.05) is 6.92 Å². The van der Waals surface area contributed by atoms with Gasteiger partial charge in [0.05, 0.1) is 13.2 Å². The smallest absolute Gasteiger partial charge is 0.383 e. The first-order valence-corrected chi connectivity index (χ1v) is 7.95. The average molecular weight is 334 g/mol. The van der Waals surface area contributed by atoms with Crippen LogP contribution in [0.3, 0.4) is 0 Å². The molecule has 2 heterocycles. The van der Waals surface area contributed by atoms with Crippen molar-refractivity contribution in [3.8, 4) is 0 Å². The summed E-state index contributed by atoms with van der Waals surface area (Å²) in [5, 5.41) is 0. The number of halogens is 3. The zero-order valence-electron chi connectivity index (χ0n) is 13.7. The predicted octanol–water partition coefficient (Wildman–Crippen LogP) is 1.99. The number of aromatic nitrogens is 2. The summed E-state index contributed by atoms with van der Waals surface area (Å²) >= 11 is 0. The zero-order valence-corrected chi connectivity index (χ0v) is 13.7. The second-order valence-electron chi connectivity index (χ2n) is 5.91. The molecule has 0 bridgehead atoms. The Morgan fingerprint density at radius 3 is 2.78 bits per heavy atom. The van der Waals surface area contributed by atoms with Crippen LogP contribution in [0.25, 0.3) is 0 Å². The monoisotopic (exact) mass is 334 g/mol. The van der Waals surface area contributed by atoms with E-state index in [1.807, 2.05) is 0 Å². The highest BCUT2D eigenvalue weighted by molar-refractivity contribution is 4.94. The normalized spacial score (nSPS) is 21.0. The molecule has 132 valence electrons. The van der Waals surface area contributed by atoms with Gasteiger partial charge in [0.15, 0.2) is 0 Å². The molecule has 1 unspecified atom stereocenters. The van der Waals surface area contributed by atoms with Crippen molar-refractivity contribution in [2.45, 2.75) is 38.7 Å². The fourth-order valence-corrected chi connectivity index (χ4v) is 3.02. The Bertz CT molecular complexity index is 478. The summed E-state index contributed by atoms with van der Waals surface area (Å²) in [6.07, 6.45) is -0.375. The van der Waals surface area contributed by atoms with Crippen LogP contribution < -0.4 is 0 Å². The van der Waals surface area contributed by atoms with E-state index in [0.29, 0.717) is 25.0 Å². The maximum atomic E-state index is 12.6. The minimum absolute atomic E-state index is 0.407. The molecule has 0 amide bonds. The van der Waals surface area contributed by atoms with Crippen molar-refractivity contribution in [2.24, 2.45) is 0 Å². The molecule has 0 spiro atoms. The Kier molecular flexibility index (Phi) is 6.43. The third kappa shape index (κ3) is 5.47. The van der Waals surface area contributed by atoms with E-state index in [-0.39, 0.29) is 0 Å². The van der Waals surface area contributed by atoms with E-state index >= 15 is 0 Å². The summed E-state index contributed by atoms with van der Waals surface area (Å²) in [7, 11) is 1.69. The molecular formula is C15H25F3N4O. The first kappa shape index (κ1) is 18.2. The highest BCUT2D eigenvalue weighted by atomic mass is 19.4. The van der Waals surface area contributed by atoms with E-state index in [0.717, 1.165) is 32.6 Å². The molecule has 0 radical (unpaired) electrons. The van der Waals surface area contributed by atoms with Gasteiger partial charge in [0.2, 0.25) is 0 Å². The molecule has 1 aromatic heterocycles. The molecule has 0 aromatic carbocycles. The number of rotatable bonds is 7. The molecule has 0 saturated carbocycles. The van der Waals surface area contributed by atoms with Crippen LogP contribution in [0.1, 0.15) is 19.2 Å². The molecule has 1 fully saturated rings. The summed E-state index contributed by atoms with van der Waals surface area (Å²) in [5.41, 5.74) is 0. The van der Waals surface area contributed by atoms with Gasteiger partial charge >= 0.3 is 6.18 Å². The average Bonchev–Trinajstić information content (AvgIpc) is 2.90. The van der Waals surface area contributed by atoms with Crippen LogP contribution in [0.5, 0.6) is 0 Å². The maximum Gasteiger partial charge on any atom is 0.406 e. The van der Waals surface area contributed by atoms with Crippen molar-refractivity contribution in [1.29, 1.82) is 0 Å².